The summed E-state index contributed by atoms with van der Waals surface area (Å²) in [5.41, 5.74) is 2.41. The summed E-state index contributed by atoms with van der Waals surface area (Å²) >= 11 is 0. The van der Waals surface area contributed by atoms with Crippen molar-refractivity contribution in [3.63, 3.8) is 0 Å². The molecule has 1 aliphatic rings. The summed E-state index contributed by atoms with van der Waals surface area (Å²) in [5.74, 6) is -0.852. The molecule has 146 valence electrons. The maximum Gasteiger partial charge on any atom is 0.166 e. The zero-order valence-electron chi connectivity index (χ0n) is 16.2. The summed E-state index contributed by atoms with van der Waals surface area (Å²) in [7, 11) is 0. The molecule has 1 nitrogen and oxygen atoms in total. The van der Waals surface area contributed by atoms with Crippen LogP contribution in [0.25, 0.3) is 11.1 Å². The van der Waals surface area contributed by atoms with Gasteiger partial charge in [0.1, 0.15) is 5.75 Å². The van der Waals surface area contributed by atoms with E-state index in [2.05, 4.69) is 6.92 Å². The highest BCUT2D eigenvalue weighted by atomic mass is 19.2. The van der Waals surface area contributed by atoms with Crippen molar-refractivity contribution in [2.45, 2.75) is 71.1 Å². The topological polar surface area (TPSA) is 20.2 Å². The lowest BCUT2D eigenvalue weighted by Gasteiger charge is -2.26. The van der Waals surface area contributed by atoms with Gasteiger partial charge in [0.15, 0.2) is 11.6 Å². The lowest BCUT2D eigenvalue weighted by Crippen LogP contribution is -2.17. The third-order valence-electron chi connectivity index (χ3n) is 5.86. The van der Waals surface area contributed by atoms with Gasteiger partial charge in [-0.05, 0) is 60.1 Å². The van der Waals surface area contributed by atoms with Crippen molar-refractivity contribution in [1.82, 2.24) is 0 Å². The normalized spacial score (nSPS) is 16.3. The van der Waals surface area contributed by atoms with Gasteiger partial charge in [-0.2, -0.15) is 0 Å². The van der Waals surface area contributed by atoms with Gasteiger partial charge in [-0.15, -0.1) is 0 Å². The second-order valence-electron chi connectivity index (χ2n) is 7.90. The van der Waals surface area contributed by atoms with E-state index in [4.69, 9.17) is 0 Å². The maximum atomic E-state index is 14.8. The van der Waals surface area contributed by atoms with Crippen molar-refractivity contribution in [2.75, 3.05) is 0 Å². The first kappa shape index (κ1) is 19.9. The van der Waals surface area contributed by atoms with E-state index in [0.29, 0.717) is 29.0 Å². The molecular formula is C24H30F2O. The average molecular weight is 372 g/mol. The number of unbranched alkanes of at least 4 members (excludes halogenated alkanes) is 5. The monoisotopic (exact) mass is 372 g/mol. The molecule has 0 radical (unpaired) electrons. The largest absolute Gasteiger partial charge is 0.508 e. The van der Waals surface area contributed by atoms with Gasteiger partial charge in [0.2, 0.25) is 0 Å². The lowest BCUT2D eigenvalue weighted by molar-refractivity contribution is 0.389. The molecule has 1 aliphatic carbocycles. The van der Waals surface area contributed by atoms with Crippen LogP contribution < -0.4 is 0 Å². The molecule has 3 rings (SSSR count). The Balaban J connectivity index is 1.67. The molecule has 0 saturated heterocycles. The summed E-state index contributed by atoms with van der Waals surface area (Å²) in [6.07, 6.45) is 11.3. The molecule has 2 aromatic carbocycles. The number of hydrogen-bond donors (Lipinski definition) is 1. The predicted octanol–water partition coefficient (Wildman–Crippen LogP) is 7.19. The minimum atomic E-state index is -0.764. The average Bonchev–Trinajstić information content (AvgIpc) is 2.68. The number of aryl methyl sites for hydroxylation is 1. The van der Waals surface area contributed by atoms with Gasteiger partial charge in [-0.3, -0.25) is 0 Å². The van der Waals surface area contributed by atoms with Crippen LogP contribution in [0.3, 0.4) is 0 Å². The van der Waals surface area contributed by atoms with Crippen LogP contribution in [0.1, 0.15) is 69.4 Å². The third kappa shape index (κ3) is 4.88. The van der Waals surface area contributed by atoms with Crippen molar-refractivity contribution in [2.24, 2.45) is 5.92 Å². The number of aromatic hydroxyl groups is 1. The lowest BCUT2D eigenvalue weighted by atomic mass is 9.80. The van der Waals surface area contributed by atoms with Crippen molar-refractivity contribution < 1.29 is 13.9 Å². The Morgan fingerprint density at radius 2 is 1.67 bits per heavy atom. The first-order valence-corrected chi connectivity index (χ1v) is 10.4. The Bertz CT molecular complexity index is 752. The second kappa shape index (κ2) is 9.34. The molecule has 0 spiro atoms. The summed E-state index contributed by atoms with van der Waals surface area (Å²) < 4.78 is 29.5. The zero-order valence-corrected chi connectivity index (χ0v) is 16.2. The van der Waals surface area contributed by atoms with E-state index in [9.17, 15) is 13.9 Å². The van der Waals surface area contributed by atoms with Crippen LogP contribution in [0.2, 0.25) is 0 Å². The highest BCUT2D eigenvalue weighted by Crippen LogP contribution is 2.36. The SMILES string of the molecule is CCCCCCCCC1CCc2cc(-c3ccc(O)cc3)c(F)c(F)c2C1. The Kier molecular flexibility index (Phi) is 6.87. The molecule has 1 N–H and O–H groups in total. The van der Waals surface area contributed by atoms with E-state index in [1.807, 2.05) is 0 Å². The van der Waals surface area contributed by atoms with Crippen molar-refractivity contribution in [1.29, 1.82) is 0 Å². The first-order valence-electron chi connectivity index (χ1n) is 10.4. The summed E-state index contributed by atoms with van der Waals surface area (Å²) in [6, 6.07) is 8.07. The van der Waals surface area contributed by atoms with Gasteiger partial charge < -0.3 is 5.11 Å². The number of benzene rings is 2. The number of halogens is 2. The fourth-order valence-corrected chi connectivity index (χ4v) is 4.22. The fourth-order valence-electron chi connectivity index (χ4n) is 4.22. The minimum Gasteiger partial charge on any atom is -0.508 e. The maximum absolute atomic E-state index is 14.8. The van der Waals surface area contributed by atoms with Gasteiger partial charge in [-0.1, -0.05) is 64.0 Å². The Morgan fingerprint density at radius 3 is 2.41 bits per heavy atom. The molecule has 27 heavy (non-hydrogen) atoms. The van der Waals surface area contributed by atoms with E-state index in [-0.39, 0.29) is 5.75 Å². The third-order valence-corrected chi connectivity index (χ3v) is 5.86. The zero-order chi connectivity index (χ0) is 19.2. The molecule has 2 aromatic rings. The van der Waals surface area contributed by atoms with Crippen molar-refractivity contribution >= 4 is 0 Å². The molecule has 3 heteroatoms. The second-order valence-corrected chi connectivity index (χ2v) is 7.90. The number of hydrogen-bond acceptors (Lipinski definition) is 1. The van der Waals surface area contributed by atoms with E-state index < -0.39 is 11.6 Å². The molecule has 0 heterocycles. The molecule has 0 aromatic heterocycles. The predicted molar refractivity (Wildman–Crippen MR) is 107 cm³/mol. The standard InChI is InChI=1S/C24H30F2O/c1-2-3-4-5-6-7-8-17-9-10-19-16-22(18-11-13-20(27)14-12-18)24(26)23(25)21(19)15-17/h11-14,16-17,27H,2-10,15H2,1H3. The molecule has 1 unspecified atom stereocenters. The van der Waals surface area contributed by atoms with Gasteiger partial charge in [0, 0.05) is 5.56 Å². The Hall–Kier alpha value is -1.90. The van der Waals surface area contributed by atoms with Crippen LogP contribution in [-0.4, -0.2) is 5.11 Å². The molecule has 0 fully saturated rings. The molecular weight excluding hydrogens is 342 g/mol. The van der Waals surface area contributed by atoms with E-state index in [0.717, 1.165) is 24.8 Å². The highest BCUT2D eigenvalue weighted by molar-refractivity contribution is 5.67. The van der Waals surface area contributed by atoms with E-state index >= 15 is 0 Å². The molecule has 0 aliphatic heterocycles. The quantitative estimate of drug-likeness (QED) is 0.486. The van der Waals surface area contributed by atoms with E-state index in [1.54, 1.807) is 18.2 Å². The molecule has 1 atom stereocenters. The Morgan fingerprint density at radius 1 is 0.963 bits per heavy atom. The summed E-state index contributed by atoms with van der Waals surface area (Å²) in [6.45, 7) is 2.22. The molecule has 0 saturated carbocycles. The van der Waals surface area contributed by atoms with Crippen LogP contribution in [0.15, 0.2) is 30.3 Å². The smallest absolute Gasteiger partial charge is 0.166 e. The van der Waals surface area contributed by atoms with E-state index in [1.165, 1.54) is 50.7 Å². The highest BCUT2D eigenvalue weighted by Gasteiger charge is 2.25. The van der Waals surface area contributed by atoms with Gasteiger partial charge in [0.25, 0.3) is 0 Å². The number of rotatable bonds is 8. The number of fused-ring (bicyclic) bond motifs is 1. The number of phenolic OH excluding ortho intramolecular Hbond substituents is 1. The van der Waals surface area contributed by atoms with Crippen molar-refractivity contribution in [3.05, 3.63) is 53.1 Å². The van der Waals surface area contributed by atoms with Crippen LogP contribution in [-0.2, 0) is 12.8 Å². The fraction of sp³-hybridized carbons (Fsp3) is 0.500. The van der Waals surface area contributed by atoms with Gasteiger partial charge in [0.05, 0.1) is 0 Å². The number of phenols is 1. The minimum absolute atomic E-state index is 0.120. The Labute approximate surface area is 161 Å². The van der Waals surface area contributed by atoms with Crippen LogP contribution in [0, 0.1) is 17.6 Å². The van der Waals surface area contributed by atoms with Crippen molar-refractivity contribution in [3.8, 4) is 16.9 Å². The summed E-state index contributed by atoms with van der Waals surface area (Å²) in [5, 5.41) is 9.41. The van der Waals surface area contributed by atoms with Gasteiger partial charge in [-0.25, -0.2) is 8.78 Å². The molecule has 0 amide bonds. The van der Waals surface area contributed by atoms with Crippen LogP contribution >= 0.6 is 0 Å². The van der Waals surface area contributed by atoms with Gasteiger partial charge >= 0.3 is 0 Å². The molecule has 0 bridgehead atoms. The van der Waals surface area contributed by atoms with Crippen LogP contribution in [0.4, 0.5) is 8.78 Å². The first-order chi connectivity index (χ1) is 13.1. The summed E-state index contributed by atoms with van der Waals surface area (Å²) in [4.78, 5) is 0. The van der Waals surface area contributed by atoms with Crippen LogP contribution in [0.5, 0.6) is 5.75 Å².